The predicted octanol–water partition coefficient (Wildman–Crippen LogP) is 3.96. The third-order valence-electron chi connectivity index (χ3n) is 4.13. The number of hydrogen-bond acceptors (Lipinski definition) is 4. The quantitative estimate of drug-likeness (QED) is 0.640. The summed E-state index contributed by atoms with van der Waals surface area (Å²) < 4.78 is 5.52. The van der Waals surface area contributed by atoms with Gasteiger partial charge in [0.2, 0.25) is 5.91 Å². The molecule has 0 aliphatic rings. The number of carbonyl (C=O) groups is 1. The first-order valence-corrected chi connectivity index (χ1v) is 9.51. The lowest BCUT2D eigenvalue weighted by Crippen LogP contribution is -2.27. The molecule has 0 fully saturated rings. The van der Waals surface area contributed by atoms with Crippen molar-refractivity contribution in [2.24, 2.45) is 0 Å². The first kappa shape index (κ1) is 18.3. The molecule has 0 unspecified atom stereocenters. The maximum Gasteiger partial charge on any atom is 0.233 e. The van der Waals surface area contributed by atoms with Gasteiger partial charge in [-0.3, -0.25) is 4.79 Å². The van der Waals surface area contributed by atoms with Crippen molar-refractivity contribution in [2.75, 3.05) is 12.8 Å². The van der Waals surface area contributed by atoms with Gasteiger partial charge in [-0.25, -0.2) is 4.98 Å². The third kappa shape index (κ3) is 4.79. The van der Waals surface area contributed by atoms with Crippen LogP contribution < -0.4 is 0 Å². The van der Waals surface area contributed by atoms with E-state index in [9.17, 15) is 4.79 Å². The molecule has 26 heavy (non-hydrogen) atoms. The number of nitrogens with one attached hydrogen (secondary N) is 1. The first-order chi connectivity index (χ1) is 12.5. The number of H-pyrrole nitrogens is 1. The van der Waals surface area contributed by atoms with Crippen LogP contribution in [0.3, 0.4) is 0 Å². The molecule has 0 atom stereocenters. The van der Waals surface area contributed by atoms with E-state index < -0.39 is 0 Å². The van der Waals surface area contributed by atoms with Gasteiger partial charge in [-0.15, -0.1) is 0 Å². The van der Waals surface area contributed by atoms with Crippen molar-refractivity contribution in [2.45, 2.75) is 32.0 Å². The van der Waals surface area contributed by atoms with Crippen LogP contribution in [0.2, 0.25) is 0 Å². The number of aryl methyl sites for hydroxylation is 2. The summed E-state index contributed by atoms with van der Waals surface area (Å²) in [6, 6.07) is 14.1. The summed E-state index contributed by atoms with van der Waals surface area (Å²) in [4.78, 5) is 21.9. The van der Waals surface area contributed by atoms with Crippen molar-refractivity contribution in [1.82, 2.24) is 14.9 Å². The molecule has 2 aromatic heterocycles. The largest absolute Gasteiger partial charge is 0.464 e. The van der Waals surface area contributed by atoms with E-state index in [-0.39, 0.29) is 5.91 Å². The minimum Gasteiger partial charge on any atom is -0.464 e. The molecule has 3 rings (SSSR count). The Hall–Kier alpha value is -2.47. The van der Waals surface area contributed by atoms with Crippen molar-refractivity contribution in [3.8, 4) is 0 Å². The Bertz CT molecular complexity index is 870. The molecular weight excluding hydrogens is 346 g/mol. The van der Waals surface area contributed by atoms with Gasteiger partial charge >= 0.3 is 0 Å². The summed E-state index contributed by atoms with van der Waals surface area (Å²) in [7, 11) is 1.79. The van der Waals surface area contributed by atoms with Crippen molar-refractivity contribution in [1.29, 1.82) is 0 Å². The minimum atomic E-state index is 0.0442. The van der Waals surface area contributed by atoms with Crippen LogP contribution in [0, 0.1) is 13.8 Å². The highest BCUT2D eigenvalue weighted by Gasteiger charge is 2.14. The standard InChI is InChI=1S/C20H23N3O2S/c1-14-9-10-17(25-14)12-23(3)19(24)13-26-20-21-15(2)18(22-20)11-16-7-5-4-6-8-16/h4-10H,11-13H2,1-3H3,(H,21,22). The van der Waals surface area contributed by atoms with Gasteiger partial charge in [-0.2, -0.15) is 0 Å². The average molecular weight is 369 g/mol. The van der Waals surface area contributed by atoms with Gasteiger partial charge in [0.15, 0.2) is 5.16 Å². The molecule has 0 radical (unpaired) electrons. The maximum atomic E-state index is 12.3. The van der Waals surface area contributed by atoms with Gasteiger partial charge in [-0.05, 0) is 31.5 Å². The number of imidazole rings is 1. The Morgan fingerprint density at radius 2 is 1.96 bits per heavy atom. The molecular formula is C20H23N3O2S. The van der Waals surface area contributed by atoms with E-state index in [0.717, 1.165) is 34.5 Å². The molecule has 2 heterocycles. The van der Waals surface area contributed by atoms with Crippen LogP contribution in [0.25, 0.3) is 0 Å². The number of hydrogen-bond donors (Lipinski definition) is 1. The molecule has 0 bridgehead atoms. The van der Waals surface area contributed by atoms with E-state index in [4.69, 9.17) is 4.42 Å². The second kappa shape index (κ2) is 8.27. The van der Waals surface area contributed by atoms with E-state index in [1.54, 1.807) is 11.9 Å². The molecule has 6 heteroatoms. The summed E-state index contributed by atoms with van der Waals surface area (Å²) >= 11 is 1.43. The number of aromatic amines is 1. The SMILES string of the molecule is Cc1ccc(CN(C)C(=O)CSc2nc(Cc3ccccc3)c(C)[nH]2)o1. The fourth-order valence-corrected chi connectivity index (χ4v) is 3.51. The van der Waals surface area contributed by atoms with E-state index >= 15 is 0 Å². The molecule has 3 aromatic rings. The third-order valence-corrected chi connectivity index (χ3v) is 4.98. The van der Waals surface area contributed by atoms with Gasteiger partial charge in [0.25, 0.3) is 0 Å². The molecule has 1 aromatic carbocycles. The van der Waals surface area contributed by atoms with E-state index in [1.807, 2.05) is 44.2 Å². The fraction of sp³-hybridized carbons (Fsp3) is 0.300. The molecule has 0 saturated carbocycles. The average Bonchev–Trinajstić information content (AvgIpc) is 3.19. The molecule has 1 amide bonds. The lowest BCUT2D eigenvalue weighted by molar-refractivity contribution is -0.127. The smallest absolute Gasteiger partial charge is 0.233 e. The lowest BCUT2D eigenvalue weighted by Gasteiger charge is -2.14. The number of amides is 1. The molecule has 1 N–H and O–H groups in total. The summed E-state index contributed by atoms with van der Waals surface area (Å²) in [5, 5.41) is 0.782. The summed E-state index contributed by atoms with van der Waals surface area (Å²) in [5.41, 5.74) is 3.29. The van der Waals surface area contributed by atoms with Gasteiger partial charge in [-0.1, -0.05) is 42.1 Å². The van der Waals surface area contributed by atoms with Crippen LogP contribution in [0.5, 0.6) is 0 Å². The van der Waals surface area contributed by atoms with E-state index in [0.29, 0.717) is 12.3 Å². The summed E-state index contributed by atoms with van der Waals surface area (Å²) in [5.74, 6) is 2.03. The monoisotopic (exact) mass is 369 g/mol. The minimum absolute atomic E-state index is 0.0442. The van der Waals surface area contributed by atoms with Gasteiger partial charge in [0.1, 0.15) is 11.5 Å². The van der Waals surface area contributed by atoms with Crippen LogP contribution in [-0.2, 0) is 17.8 Å². The van der Waals surface area contributed by atoms with Crippen LogP contribution in [0.15, 0.2) is 52.0 Å². The molecule has 0 aliphatic carbocycles. The number of thioether (sulfide) groups is 1. The summed E-state index contributed by atoms with van der Waals surface area (Å²) in [6.07, 6.45) is 0.787. The highest BCUT2D eigenvalue weighted by molar-refractivity contribution is 7.99. The Labute approximate surface area is 157 Å². The normalized spacial score (nSPS) is 10.9. The van der Waals surface area contributed by atoms with Crippen LogP contribution in [0.4, 0.5) is 0 Å². The van der Waals surface area contributed by atoms with E-state index in [2.05, 4.69) is 22.1 Å². The zero-order valence-electron chi connectivity index (χ0n) is 15.3. The Morgan fingerprint density at radius 3 is 2.65 bits per heavy atom. The van der Waals surface area contributed by atoms with Gasteiger partial charge in [0, 0.05) is 19.2 Å². The van der Waals surface area contributed by atoms with Crippen molar-refractivity contribution in [3.63, 3.8) is 0 Å². The Kier molecular flexibility index (Phi) is 5.83. The zero-order chi connectivity index (χ0) is 18.5. The fourth-order valence-electron chi connectivity index (χ4n) is 2.63. The number of carbonyl (C=O) groups excluding carboxylic acids is 1. The number of rotatable bonds is 7. The first-order valence-electron chi connectivity index (χ1n) is 8.53. The van der Waals surface area contributed by atoms with Crippen LogP contribution >= 0.6 is 11.8 Å². The lowest BCUT2D eigenvalue weighted by atomic mass is 10.1. The second-order valence-corrected chi connectivity index (χ2v) is 7.29. The van der Waals surface area contributed by atoms with Crippen LogP contribution in [0.1, 0.15) is 28.5 Å². The van der Waals surface area contributed by atoms with Gasteiger partial charge in [0.05, 0.1) is 18.0 Å². The van der Waals surface area contributed by atoms with Crippen LogP contribution in [-0.4, -0.2) is 33.6 Å². The predicted molar refractivity (Wildman–Crippen MR) is 103 cm³/mol. The van der Waals surface area contributed by atoms with E-state index in [1.165, 1.54) is 17.3 Å². The Morgan fingerprint density at radius 1 is 1.19 bits per heavy atom. The molecule has 0 spiro atoms. The molecule has 0 aliphatic heterocycles. The number of benzene rings is 1. The number of furan rings is 1. The Balaban J connectivity index is 1.54. The highest BCUT2D eigenvalue weighted by atomic mass is 32.2. The van der Waals surface area contributed by atoms with Crippen molar-refractivity contribution in [3.05, 3.63) is 70.9 Å². The molecule has 5 nitrogen and oxygen atoms in total. The van der Waals surface area contributed by atoms with Crippen molar-refractivity contribution < 1.29 is 9.21 Å². The molecule has 136 valence electrons. The number of nitrogens with zero attached hydrogens (tertiary/aromatic N) is 2. The zero-order valence-corrected chi connectivity index (χ0v) is 16.1. The maximum absolute atomic E-state index is 12.3. The highest BCUT2D eigenvalue weighted by Crippen LogP contribution is 2.19. The summed E-state index contributed by atoms with van der Waals surface area (Å²) in [6.45, 7) is 4.39. The number of aromatic nitrogens is 2. The van der Waals surface area contributed by atoms with Gasteiger partial charge < -0.3 is 14.3 Å². The second-order valence-electron chi connectivity index (χ2n) is 6.33. The van der Waals surface area contributed by atoms with Crippen molar-refractivity contribution >= 4 is 17.7 Å². The topological polar surface area (TPSA) is 62.1 Å². The molecule has 0 saturated heterocycles.